The molecule has 0 aromatic carbocycles. The average Bonchev–Trinajstić information content (AvgIpc) is 2.11. The molecular weight excluding hydrogens is 216 g/mol. The van der Waals surface area contributed by atoms with Gasteiger partial charge in [-0.25, -0.2) is 0 Å². The Balaban J connectivity index is 0.000000336. The summed E-state index contributed by atoms with van der Waals surface area (Å²) in [5.74, 6) is 0. The summed E-state index contributed by atoms with van der Waals surface area (Å²) >= 11 is 0. The molecule has 0 aromatic heterocycles. The Bertz CT molecular complexity index is 279. The number of hydrogen-bond donors (Lipinski definition) is 2. The first-order chi connectivity index (χ1) is 6.36. The van der Waals surface area contributed by atoms with Crippen LogP contribution in [0.5, 0.6) is 0 Å². The molecule has 0 atom stereocenters. The van der Waals surface area contributed by atoms with Gasteiger partial charge in [-0.3, -0.25) is 4.55 Å². The van der Waals surface area contributed by atoms with Crippen molar-refractivity contribution in [2.75, 3.05) is 6.26 Å². The molecule has 0 amide bonds. The van der Waals surface area contributed by atoms with Crippen molar-refractivity contribution in [1.82, 2.24) is 0 Å². The molecule has 1 aliphatic carbocycles. The fourth-order valence-corrected chi connectivity index (χ4v) is 1.98. The molecule has 92 valence electrons. The van der Waals surface area contributed by atoms with Crippen LogP contribution in [0.4, 0.5) is 0 Å². The van der Waals surface area contributed by atoms with Crippen LogP contribution in [0.25, 0.3) is 0 Å². The first kappa shape index (κ1) is 14.9. The van der Waals surface area contributed by atoms with Crippen molar-refractivity contribution < 1.29 is 18.1 Å². The minimum absolute atomic E-state index is 0.125. The third kappa shape index (κ3) is 5.49. The first-order valence-electron chi connectivity index (χ1n) is 4.97. The molecule has 0 saturated heterocycles. The highest BCUT2D eigenvalue weighted by molar-refractivity contribution is 7.85. The Morgan fingerprint density at radius 1 is 1.07 bits per heavy atom. The van der Waals surface area contributed by atoms with Gasteiger partial charge in [0, 0.05) is 0 Å². The molecule has 0 spiro atoms. The van der Waals surface area contributed by atoms with Crippen LogP contribution < -0.4 is 0 Å². The van der Waals surface area contributed by atoms with Crippen molar-refractivity contribution in [3.63, 3.8) is 0 Å². The largest absolute Gasteiger partial charge is 0.392 e. The van der Waals surface area contributed by atoms with Gasteiger partial charge >= 0.3 is 0 Å². The highest BCUT2D eigenvalue weighted by Gasteiger charge is 2.45. The summed E-state index contributed by atoms with van der Waals surface area (Å²) in [4.78, 5) is 0. The van der Waals surface area contributed by atoms with E-state index in [2.05, 4.69) is 27.7 Å². The molecule has 1 fully saturated rings. The van der Waals surface area contributed by atoms with Gasteiger partial charge < -0.3 is 5.11 Å². The Hall–Kier alpha value is -0.130. The molecule has 0 aromatic rings. The van der Waals surface area contributed by atoms with Gasteiger partial charge in [0.2, 0.25) is 0 Å². The number of hydrogen-bond acceptors (Lipinski definition) is 3. The molecule has 0 heterocycles. The van der Waals surface area contributed by atoms with Gasteiger partial charge in [0.05, 0.1) is 12.4 Å². The van der Waals surface area contributed by atoms with E-state index < -0.39 is 10.1 Å². The average molecular weight is 238 g/mol. The summed E-state index contributed by atoms with van der Waals surface area (Å²) < 4.78 is 25.9. The maximum absolute atomic E-state index is 9.78. The van der Waals surface area contributed by atoms with Crippen molar-refractivity contribution in [1.29, 1.82) is 0 Å². The summed E-state index contributed by atoms with van der Waals surface area (Å²) in [6.07, 6.45) is 2.90. The van der Waals surface area contributed by atoms with E-state index in [1.807, 2.05) is 0 Å². The predicted octanol–water partition coefficient (Wildman–Crippen LogP) is 1.70. The zero-order valence-electron chi connectivity index (χ0n) is 10.1. The monoisotopic (exact) mass is 238 g/mol. The topological polar surface area (TPSA) is 74.6 Å². The predicted molar refractivity (Wildman–Crippen MR) is 60.3 cm³/mol. The minimum Gasteiger partial charge on any atom is -0.392 e. The van der Waals surface area contributed by atoms with Crippen molar-refractivity contribution in [2.45, 2.75) is 46.6 Å². The van der Waals surface area contributed by atoms with E-state index in [4.69, 9.17) is 4.55 Å². The fraction of sp³-hybridized carbons (Fsp3) is 1.00. The standard InChI is InChI=1S/C9H18O.CH4O3S/c1-8(2)5-6-9(3,4)7(8)10;1-5(2,3)4/h7,10H,5-6H2,1-4H3;1H3,(H,2,3,4). The third-order valence-electron chi connectivity index (χ3n) is 2.89. The van der Waals surface area contributed by atoms with Crippen LogP contribution >= 0.6 is 0 Å². The lowest BCUT2D eigenvalue weighted by atomic mass is 9.81. The molecule has 0 radical (unpaired) electrons. The summed E-state index contributed by atoms with van der Waals surface area (Å²) in [5.41, 5.74) is 0.285. The van der Waals surface area contributed by atoms with Gasteiger partial charge in [-0.05, 0) is 23.7 Å². The Morgan fingerprint density at radius 3 is 1.33 bits per heavy atom. The highest BCUT2D eigenvalue weighted by atomic mass is 32.2. The van der Waals surface area contributed by atoms with E-state index in [1.54, 1.807) is 0 Å². The highest BCUT2D eigenvalue weighted by Crippen LogP contribution is 2.48. The van der Waals surface area contributed by atoms with Gasteiger partial charge in [0.15, 0.2) is 0 Å². The van der Waals surface area contributed by atoms with Crippen molar-refractivity contribution in [2.24, 2.45) is 10.8 Å². The Kier molecular flexibility index (Phi) is 4.35. The SMILES string of the molecule is CC1(C)CCC(C)(C)C1O.CS(=O)(=O)O. The number of rotatable bonds is 0. The minimum atomic E-state index is -3.67. The lowest BCUT2D eigenvalue weighted by Crippen LogP contribution is -2.32. The summed E-state index contributed by atoms with van der Waals surface area (Å²) in [7, 11) is -3.67. The molecule has 1 saturated carbocycles. The summed E-state index contributed by atoms with van der Waals surface area (Å²) in [5, 5.41) is 9.78. The second-order valence-electron chi connectivity index (χ2n) is 5.61. The van der Waals surface area contributed by atoms with Crippen LogP contribution in [-0.4, -0.2) is 30.4 Å². The lowest BCUT2D eigenvalue weighted by Gasteiger charge is -2.30. The van der Waals surface area contributed by atoms with Gasteiger partial charge in [-0.1, -0.05) is 27.7 Å². The molecule has 0 bridgehead atoms. The normalized spacial score (nSPS) is 24.5. The van der Waals surface area contributed by atoms with Crippen LogP contribution in [0.3, 0.4) is 0 Å². The van der Waals surface area contributed by atoms with Crippen LogP contribution in [-0.2, 0) is 10.1 Å². The summed E-state index contributed by atoms with van der Waals surface area (Å²) in [6, 6.07) is 0. The Labute approximate surface area is 92.4 Å². The van der Waals surface area contributed by atoms with Crippen LogP contribution in [0.15, 0.2) is 0 Å². The lowest BCUT2D eigenvalue weighted by molar-refractivity contribution is 0.00931. The quantitative estimate of drug-likeness (QED) is 0.630. The van der Waals surface area contributed by atoms with Crippen molar-refractivity contribution in [3.05, 3.63) is 0 Å². The third-order valence-corrected chi connectivity index (χ3v) is 2.89. The van der Waals surface area contributed by atoms with Crippen LogP contribution in [0.1, 0.15) is 40.5 Å². The molecule has 15 heavy (non-hydrogen) atoms. The van der Waals surface area contributed by atoms with Gasteiger partial charge in [0.1, 0.15) is 0 Å². The van der Waals surface area contributed by atoms with E-state index in [0.717, 1.165) is 12.8 Å². The molecule has 4 nitrogen and oxygen atoms in total. The van der Waals surface area contributed by atoms with Gasteiger partial charge in [-0.15, -0.1) is 0 Å². The number of aliphatic hydroxyl groups is 1. The van der Waals surface area contributed by atoms with Gasteiger partial charge in [-0.2, -0.15) is 8.42 Å². The smallest absolute Gasteiger partial charge is 0.261 e. The molecule has 2 N–H and O–H groups in total. The van der Waals surface area contributed by atoms with Crippen molar-refractivity contribution >= 4 is 10.1 Å². The van der Waals surface area contributed by atoms with E-state index in [1.165, 1.54) is 0 Å². The molecule has 0 unspecified atom stereocenters. The molecule has 1 aliphatic rings. The molecule has 1 rings (SSSR count). The maximum Gasteiger partial charge on any atom is 0.261 e. The number of aliphatic hydroxyl groups excluding tert-OH is 1. The molecule has 0 aliphatic heterocycles. The summed E-state index contributed by atoms with van der Waals surface area (Å²) in [6.45, 7) is 8.58. The fourth-order valence-electron chi connectivity index (χ4n) is 1.98. The second-order valence-corrected chi connectivity index (χ2v) is 7.08. The van der Waals surface area contributed by atoms with E-state index in [-0.39, 0.29) is 16.9 Å². The van der Waals surface area contributed by atoms with E-state index in [9.17, 15) is 13.5 Å². The zero-order valence-corrected chi connectivity index (χ0v) is 10.9. The van der Waals surface area contributed by atoms with Crippen LogP contribution in [0.2, 0.25) is 0 Å². The van der Waals surface area contributed by atoms with Crippen LogP contribution in [0, 0.1) is 10.8 Å². The Morgan fingerprint density at radius 2 is 1.27 bits per heavy atom. The van der Waals surface area contributed by atoms with E-state index >= 15 is 0 Å². The maximum atomic E-state index is 9.78. The molecule has 5 heteroatoms. The molecular formula is C10H22O4S. The van der Waals surface area contributed by atoms with Crippen molar-refractivity contribution in [3.8, 4) is 0 Å². The first-order valence-corrected chi connectivity index (χ1v) is 6.82. The van der Waals surface area contributed by atoms with Gasteiger partial charge in [0.25, 0.3) is 10.1 Å². The van der Waals surface area contributed by atoms with E-state index in [0.29, 0.717) is 6.26 Å². The second kappa shape index (κ2) is 4.39. The zero-order chi connectivity index (χ0) is 12.5.